The van der Waals surface area contributed by atoms with Crippen molar-refractivity contribution in [2.75, 3.05) is 37.8 Å². The second-order valence-electron chi connectivity index (χ2n) is 5.89. The van der Waals surface area contributed by atoms with E-state index < -0.39 is 27.7 Å². The van der Waals surface area contributed by atoms with Gasteiger partial charge in [0.1, 0.15) is 11.6 Å². The van der Waals surface area contributed by atoms with Gasteiger partial charge >= 0.3 is 6.18 Å². The molecular formula is C16H17F3N4O3S. The fourth-order valence-corrected chi connectivity index (χ4v) is 3.28. The predicted octanol–water partition coefficient (Wildman–Crippen LogP) is 1.63. The van der Waals surface area contributed by atoms with Gasteiger partial charge in [-0.1, -0.05) is 6.07 Å². The molecule has 0 aromatic heterocycles. The molecule has 1 aromatic rings. The molecule has 0 unspecified atom stereocenters. The molecule has 1 amide bonds. The number of hydrogen-bond donors (Lipinski definition) is 1. The molecular weight excluding hydrogens is 385 g/mol. The molecule has 1 fully saturated rings. The summed E-state index contributed by atoms with van der Waals surface area (Å²) < 4.78 is 62.4. The SMILES string of the molecule is CS(=O)(=O)N1CCN(/C=C(/C#N)C(=O)Nc2cccc(C(F)(F)F)c2)CC1. The van der Waals surface area contributed by atoms with E-state index in [1.807, 2.05) is 0 Å². The molecule has 0 spiro atoms. The van der Waals surface area contributed by atoms with Gasteiger partial charge < -0.3 is 10.2 Å². The van der Waals surface area contributed by atoms with Gasteiger partial charge in [-0.15, -0.1) is 0 Å². The molecule has 146 valence electrons. The van der Waals surface area contributed by atoms with Crippen molar-refractivity contribution in [2.45, 2.75) is 6.18 Å². The zero-order chi connectivity index (χ0) is 20.2. The van der Waals surface area contributed by atoms with Crippen molar-refractivity contribution >= 4 is 21.6 Å². The van der Waals surface area contributed by atoms with E-state index in [0.717, 1.165) is 24.5 Å². The summed E-state index contributed by atoms with van der Waals surface area (Å²) in [5.41, 5.74) is -1.29. The molecule has 1 aliphatic heterocycles. The Balaban J connectivity index is 2.07. The lowest BCUT2D eigenvalue weighted by atomic mass is 10.2. The smallest absolute Gasteiger partial charge is 0.373 e. The average molecular weight is 402 g/mol. The van der Waals surface area contributed by atoms with Crippen molar-refractivity contribution in [3.8, 4) is 6.07 Å². The van der Waals surface area contributed by atoms with Gasteiger partial charge in [0.15, 0.2) is 0 Å². The Kier molecular flexibility index (Phi) is 6.12. The lowest BCUT2D eigenvalue weighted by Gasteiger charge is -2.32. The molecule has 0 radical (unpaired) electrons. The standard InChI is InChI=1S/C16H17F3N4O3S/c1-27(25,26)23-7-5-22(6-8-23)11-12(10-20)15(24)21-14-4-2-3-13(9-14)16(17,18)19/h2-4,9,11H,5-8H2,1H3,(H,21,24)/b12-11-. The summed E-state index contributed by atoms with van der Waals surface area (Å²) >= 11 is 0. The molecule has 1 heterocycles. The Labute approximate surface area is 154 Å². The number of anilines is 1. The summed E-state index contributed by atoms with van der Waals surface area (Å²) in [6, 6.07) is 5.79. The number of benzene rings is 1. The number of carbonyl (C=O) groups is 1. The summed E-state index contributed by atoms with van der Waals surface area (Å²) in [5, 5.41) is 11.4. The molecule has 0 atom stereocenters. The van der Waals surface area contributed by atoms with Crippen LogP contribution in [0.15, 0.2) is 36.0 Å². The molecule has 7 nitrogen and oxygen atoms in total. The van der Waals surface area contributed by atoms with Crippen LogP contribution in [0.25, 0.3) is 0 Å². The van der Waals surface area contributed by atoms with Crippen LogP contribution in [-0.2, 0) is 21.0 Å². The van der Waals surface area contributed by atoms with Gasteiger partial charge in [0.25, 0.3) is 5.91 Å². The topological polar surface area (TPSA) is 93.5 Å². The lowest BCUT2D eigenvalue weighted by molar-refractivity contribution is -0.137. The second kappa shape index (κ2) is 7.98. The number of sulfonamides is 1. The normalized spacial score (nSPS) is 16.7. The highest BCUT2D eigenvalue weighted by Gasteiger charge is 2.30. The van der Waals surface area contributed by atoms with Crippen LogP contribution in [0.1, 0.15) is 5.56 Å². The van der Waals surface area contributed by atoms with Crippen molar-refractivity contribution in [1.82, 2.24) is 9.21 Å². The number of alkyl halides is 3. The second-order valence-corrected chi connectivity index (χ2v) is 7.87. The fraction of sp³-hybridized carbons (Fsp3) is 0.375. The van der Waals surface area contributed by atoms with Crippen molar-refractivity contribution < 1.29 is 26.4 Å². The van der Waals surface area contributed by atoms with Crippen LogP contribution in [0, 0.1) is 11.3 Å². The van der Waals surface area contributed by atoms with Crippen LogP contribution in [0.4, 0.5) is 18.9 Å². The summed E-state index contributed by atoms with van der Waals surface area (Å²) in [6.07, 6.45) is -2.17. The van der Waals surface area contributed by atoms with Crippen molar-refractivity contribution in [1.29, 1.82) is 5.26 Å². The van der Waals surface area contributed by atoms with Gasteiger partial charge in [0.05, 0.1) is 11.8 Å². The van der Waals surface area contributed by atoms with E-state index in [2.05, 4.69) is 5.32 Å². The summed E-state index contributed by atoms with van der Waals surface area (Å²) in [6.45, 7) is 0.997. The Morgan fingerprint density at radius 2 is 1.89 bits per heavy atom. The third-order valence-corrected chi connectivity index (χ3v) is 5.17. The third-order valence-electron chi connectivity index (χ3n) is 3.87. The van der Waals surface area contributed by atoms with Crippen LogP contribution in [0.2, 0.25) is 0 Å². The number of piperazine rings is 1. The number of nitriles is 1. The van der Waals surface area contributed by atoms with Gasteiger partial charge in [-0.05, 0) is 18.2 Å². The number of hydrogen-bond acceptors (Lipinski definition) is 5. The first-order valence-electron chi connectivity index (χ1n) is 7.80. The molecule has 0 saturated carbocycles. The zero-order valence-electron chi connectivity index (χ0n) is 14.3. The van der Waals surface area contributed by atoms with E-state index in [-0.39, 0.29) is 37.4 Å². The Morgan fingerprint density at radius 1 is 1.26 bits per heavy atom. The van der Waals surface area contributed by atoms with E-state index in [9.17, 15) is 31.6 Å². The predicted molar refractivity (Wildman–Crippen MR) is 91.8 cm³/mol. The van der Waals surface area contributed by atoms with Crippen LogP contribution < -0.4 is 5.32 Å². The number of nitrogens with zero attached hydrogens (tertiary/aromatic N) is 3. The number of halogens is 3. The molecule has 1 aliphatic rings. The zero-order valence-corrected chi connectivity index (χ0v) is 15.1. The maximum atomic E-state index is 12.7. The van der Waals surface area contributed by atoms with Crippen molar-refractivity contribution in [3.05, 3.63) is 41.6 Å². The first kappa shape index (κ1) is 20.7. The minimum absolute atomic E-state index is 0.0853. The van der Waals surface area contributed by atoms with Gasteiger partial charge in [-0.3, -0.25) is 4.79 Å². The Hall–Kier alpha value is -2.58. The minimum atomic E-state index is -4.55. The number of carbonyl (C=O) groups excluding carboxylic acids is 1. The van der Waals surface area contributed by atoms with Crippen molar-refractivity contribution in [2.24, 2.45) is 0 Å². The number of nitrogens with one attached hydrogen (secondary N) is 1. The largest absolute Gasteiger partial charge is 0.416 e. The maximum absolute atomic E-state index is 12.7. The Bertz CT molecular complexity index is 883. The molecule has 2 rings (SSSR count). The lowest BCUT2D eigenvalue weighted by Crippen LogP contribution is -2.46. The van der Waals surface area contributed by atoms with Crippen LogP contribution >= 0.6 is 0 Å². The Morgan fingerprint density at radius 3 is 2.41 bits per heavy atom. The molecule has 11 heteroatoms. The fourth-order valence-electron chi connectivity index (χ4n) is 2.46. The monoisotopic (exact) mass is 402 g/mol. The summed E-state index contributed by atoms with van der Waals surface area (Å²) in [5.74, 6) is -0.845. The highest BCUT2D eigenvalue weighted by atomic mass is 32.2. The maximum Gasteiger partial charge on any atom is 0.416 e. The molecule has 0 aliphatic carbocycles. The van der Waals surface area contributed by atoms with Crippen molar-refractivity contribution in [3.63, 3.8) is 0 Å². The van der Waals surface area contributed by atoms with Gasteiger partial charge in [0, 0.05) is 38.1 Å². The van der Waals surface area contributed by atoms with Gasteiger partial charge in [-0.2, -0.15) is 22.7 Å². The molecule has 27 heavy (non-hydrogen) atoms. The molecule has 1 aromatic carbocycles. The van der Waals surface area contributed by atoms with Crippen LogP contribution in [0.3, 0.4) is 0 Å². The van der Waals surface area contributed by atoms with Crippen LogP contribution in [0.5, 0.6) is 0 Å². The highest BCUT2D eigenvalue weighted by Crippen LogP contribution is 2.30. The van der Waals surface area contributed by atoms with E-state index in [1.54, 1.807) is 11.0 Å². The molecule has 1 saturated heterocycles. The minimum Gasteiger partial charge on any atom is -0.373 e. The highest BCUT2D eigenvalue weighted by molar-refractivity contribution is 7.88. The summed E-state index contributed by atoms with van der Waals surface area (Å²) in [7, 11) is -3.31. The van der Waals surface area contributed by atoms with Gasteiger partial charge in [-0.25, -0.2) is 8.42 Å². The molecule has 1 N–H and O–H groups in total. The average Bonchev–Trinajstić information content (AvgIpc) is 2.58. The number of rotatable bonds is 4. The van der Waals surface area contributed by atoms with E-state index >= 15 is 0 Å². The first-order valence-corrected chi connectivity index (χ1v) is 9.65. The molecule has 0 bridgehead atoms. The summed E-state index contributed by atoms with van der Waals surface area (Å²) in [4.78, 5) is 13.8. The van der Waals surface area contributed by atoms with Gasteiger partial charge in [0.2, 0.25) is 10.0 Å². The quantitative estimate of drug-likeness (QED) is 0.610. The third kappa shape index (κ3) is 5.70. The van der Waals surface area contributed by atoms with E-state index in [1.165, 1.54) is 16.6 Å². The number of amides is 1. The first-order chi connectivity index (χ1) is 12.5. The van der Waals surface area contributed by atoms with E-state index in [4.69, 9.17) is 0 Å². The van der Waals surface area contributed by atoms with Crippen LogP contribution in [-0.4, -0.2) is 56.0 Å². The van der Waals surface area contributed by atoms with E-state index in [0.29, 0.717) is 0 Å².